The average Bonchev–Trinajstić information content (AvgIpc) is 0.782. The zero-order chi connectivity index (χ0) is 93.0. The molecule has 21 fully saturated rings. The minimum atomic E-state index is -2.65. The summed E-state index contributed by atoms with van der Waals surface area (Å²) in [5.74, 6) is -18.9. The Morgan fingerprint density at radius 3 is 0.413 bits per heavy atom. The number of hydrogen-bond acceptors (Lipinski definition) is 49. The summed E-state index contributed by atoms with van der Waals surface area (Å²) < 4.78 is 121. The van der Waals surface area contributed by atoms with E-state index in [-0.39, 0.29) is 0 Å². The summed E-state index contributed by atoms with van der Waals surface area (Å²) in [6, 6.07) is 0. The van der Waals surface area contributed by atoms with Gasteiger partial charge in [0.15, 0.2) is 44.0 Å². The van der Waals surface area contributed by atoms with Gasteiger partial charge in [0.25, 0.3) is 0 Å². The van der Waals surface area contributed by atoms with Crippen LogP contribution in [0.15, 0.2) is 0 Å². The number of carbonyl (C=O) groups is 14. The topological polar surface area (TPSA) is 837 Å². The Hall–Kier alpha value is -8.34. The van der Waals surface area contributed by atoms with Crippen molar-refractivity contribution in [3.63, 3.8) is 0 Å². The van der Waals surface area contributed by atoms with Gasteiger partial charge in [-0.1, -0.05) is 0 Å². The van der Waals surface area contributed by atoms with Crippen molar-refractivity contribution >= 4 is 83.4 Å². The van der Waals surface area contributed by atoms with Crippen LogP contribution in [0, 0.1) is 0 Å². The lowest BCUT2D eigenvalue weighted by Crippen LogP contribution is -2.68. The third kappa shape index (κ3) is 28.8. The Bertz CT molecular complexity index is 3050. The number of ketones is 1. The molecule has 21 saturated heterocycles. The Labute approximate surface area is 708 Å². The van der Waals surface area contributed by atoms with Crippen LogP contribution in [0.5, 0.6) is 0 Å². The van der Waals surface area contributed by atoms with Crippen LogP contribution in [0.4, 0.5) is 0 Å². The molecule has 0 saturated carbocycles. The Balaban J connectivity index is 1.26. The molecular weight excluding hydrogens is 1730 g/mol. The van der Waals surface area contributed by atoms with E-state index in [1.54, 1.807) is 0 Å². The molecule has 0 spiro atoms. The standard InChI is InChI=1S/C71H100O55/c1-23(72)2-9-37(85)106-16-24-58-44(92)51(99)65(113-24)121-59-25(17-107-38(86)10-3-31(73)74)115-67(53(101)46(59)94)123-61-27(19-109-40(88)12-5-33(77)78)117-69(55(103)48(61)96)125-63-29(21-111-42(90)14-7-35(81)82)119-71(57(105)50(63)98)126-64-30(22-112-43(91)15-8-36(83)84)118-70(56(104)49(64)97)124-62-28(20-110-41(89)13-6-34(79)80)116-68(54(102)47(62)95)122-60-26(18-108-39(87)11-4-32(75)76)114-66(120-58)52(100)45(60)93/h24-30,44-71,92-105H,2-22H2,1H3,(H,73,74)(H,75,76)(H,77,78)(H,79,80)(H,81,82)(H,83,84)/t24-,25-,26-,27-,28-,29-,30-,44+,45+,46+,47+,48?,49+,50+,51?,52+,53+,54+,55+,56+,57?,58-,59-,60-,61-,62+,63-,64-,65-,66?,67-,68-,69-,70-,71-/m1/s1. The summed E-state index contributed by atoms with van der Waals surface area (Å²) in [5, 5.41) is 226. The Morgan fingerprint density at radius 1 is 0.183 bits per heavy atom. The van der Waals surface area contributed by atoms with E-state index >= 15 is 0 Å². The van der Waals surface area contributed by atoms with E-state index in [2.05, 4.69) is 0 Å². The fourth-order valence-corrected chi connectivity index (χ4v) is 13.6. The molecule has 55 heteroatoms. The van der Waals surface area contributed by atoms with Crippen molar-refractivity contribution in [3.05, 3.63) is 0 Å². The van der Waals surface area contributed by atoms with Gasteiger partial charge in [0.05, 0.1) is 83.5 Å². The third-order valence-electron chi connectivity index (χ3n) is 20.3. The number of aliphatic hydroxyl groups is 14. The van der Waals surface area contributed by atoms with Gasteiger partial charge in [0.2, 0.25) is 0 Å². The van der Waals surface area contributed by atoms with Crippen LogP contribution < -0.4 is 0 Å². The van der Waals surface area contributed by atoms with Crippen molar-refractivity contribution in [2.24, 2.45) is 0 Å². The number of carbonyl (C=O) groups excluding carboxylic acids is 8. The van der Waals surface area contributed by atoms with Crippen molar-refractivity contribution in [3.8, 4) is 0 Å². The van der Waals surface area contributed by atoms with Gasteiger partial charge in [0.1, 0.15) is 223 Å². The molecule has 55 nitrogen and oxygen atoms in total. The van der Waals surface area contributed by atoms with Gasteiger partial charge in [-0.05, 0) is 6.92 Å². The number of aliphatic carboxylic acids is 6. The first-order chi connectivity index (χ1) is 59.4. The van der Waals surface area contributed by atoms with Gasteiger partial charge in [0, 0.05) is 6.42 Å². The molecule has 0 aliphatic carbocycles. The number of carboxylic acids is 6. The predicted molar refractivity (Wildman–Crippen MR) is 377 cm³/mol. The second-order valence-electron chi connectivity index (χ2n) is 29.7. The van der Waals surface area contributed by atoms with Crippen LogP contribution >= 0.6 is 0 Å². The maximum atomic E-state index is 13.2. The minimum Gasteiger partial charge on any atom is -0.481 e. The van der Waals surface area contributed by atoms with Crippen LogP contribution in [0.1, 0.15) is 96.8 Å². The molecule has 714 valence electrons. The minimum absolute atomic E-state index is 0.444. The normalized spacial score (nSPS) is 37.8. The zero-order valence-electron chi connectivity index (χ0n) is 66.3. The number of ether oxygens (including phenoxy) is 21. The van der Waals surface area contributed by atoms with E-state index in [4.69, 9.17) is 99.5 Å². The van der Waals surface area contributed by atoms with Gasteiger partial charge >= 0.3 is 77.6 Å². The Kier molecular flexibility index (Phi) is 39.1. The van der Waals surface area contributed by atoms with Gasteiger partial charge in [-0.15, -0.1) is 0 Å². The maximum absolute atomic E-state index is 13.2. The highest BCUT2D eigenvalue weighted by Crippen LogP contribution is 2.40. The van der Waals surface area contributed by atoms with Crippen LogP contribution in [-0.4, -0.2) is 447 Å². The summed E-state index contributed by atoms with van der Waals surface area (Å²) in [6.07, 6.45) is -97.7. The van der Waals surface area contributed by atoms with Gasteiger partial charge in [-0.2, -0.15) is 0 Å². The summed E-state index contributed by atoms with van der Waals surface area (Å²) in [5.41, 5.74) is 0. The largest absolute Gasteiger partial charge is 0.481 e. The van der Waals surface area contributed by atoms with E-state index in [1.807, 2.05) is 0 Å². The smallest absolute Gasteiger partial charge is 0.306 e. The second kappa shape index (κ2) is 47.8. The van der Waals surface area contributed by atoms with E-state index in [9.17, 15) is 169 Å². The molecule has 0 aromatic carbocycles. The van der Waals surface area contributed by atoms with Crippen LogP contribution in [-0.2, 0) is 167 Å². The average molecular weight is 1830 g/mol. The number of rotatable bonds is 35. The summed E-state index contributed by atoms with van der Waals surface area (Å²) >= 11 is 0. The van der Waals surface area contributed by atoms with Crippen LogP contribution in [0.25, 0.3) is 0 Å². The molecule has 21 rings (SSSR count). The molecular formula is C71H100O55. The Morgan fingerprint density at radius 2 is 0.302 bits per heavy atom. The summed E-state index contributed by atoms with van der Waals surface area (Å²) in [7, 11) is 0. The number of Topliss-reactive ketones (excluding diaryl/α,β-unsaturated/α-hetero) is 1. The quantitative estimate of drug-likeness (QED) is 0.0207. The number of esters is 7. The molecule has 14 bridgehead atoms. The lowest BCUT2D eigenvalue weighted by Gasteiger charge is -2.50. The van der Waals surface area contributed by atoms with E-state index < -0.39 is 434 Å². The summed E-state index contributed by atoms with van der Waals surface area (Å²) in [6.45, 7) is -7.51. The lowest BCUT2D eigenvalue weighted by molar-refractivity contribution is -0.396. The van der Waals surface area contributed by atoms with Crippen molar-refractivity contribution in [1.29, 1.82) is 0 Å². The fourth-order valence-electron chi connectivity index (χ4n) is 13.6. The van der Waals surface area contributed by atoms with Crippen LogP contribution in [0.3, 0.4) is 0 Å². The number of hydrogen-bond donors (Lipinski definition) is 20. The fraction of sp³-hybridized carbons (Fsp3) is 0.803. The van der Waals surface area contributed by atoms with Crippen LogP contribution in [0.2, 0.25) is 0 Å². The molecule has 35 atom stereocenters. The molecule has 21 heterocycles. The molecule has 0 radical (unpaired) electrons. The number of aliphatic hydroxyl groups excluding tert-OH is 14. The first-order valence-electron chi connectivity index (χ1n) is 39.0. The molecule has 21 aliphatic rings. The van der Waals surface area contributed by atoms with Crippen molar-refractivity contribution in [1.82, 2.24) is 0 Å². The molecule has 0 aromatic rings. The third-order valence-corrected chi connectivity index (χ3v) is 20.3. The highest BCUT2D eigenvalue weighted by molar-refractivity contribution is 5.81. The van der Waals surface area contributed by atoms with E-state index in [0.29, 0.717) is 0 Å². The van der Waals surface area contributed by atoms with Gasteiger partial charge in [-0.25, -0.2) is 0 Å². The first-order valence-corrected chi connectivity index (χ1v) is 39.0. The predicted octanol–water partition coefficient (Wildman–Crippen LogP) is -11.8. The van der Waals surface area contributed by atoms with E-state index in [0.717, 1.165) is 6.92 Å². The highest BCUT2D eigenvalue weighted by atomic mass is 16.8. The zero-order valence-corrected chi connectivity index (χ0v) is 66.3. The molecule has 0 aromatic heterocycles. The van der Waals surface area contributed by atoms with E-state index in [1.165, 1.54) is 0 Å². The molecule has 0 amide bonds. The van der Waals surface area contributed by atoms with Crippen molar-refractivity contribution in [2.45, 2.75) is 312 Å². The number of carboxylic acid groups (broad SMARTS) is 6. The highest BCUT2D eigenvalue weighted by Gasteiger charge is 2.61. The first kappa shape index (κ1) is 103. The van der Waals surface area contributed by atoms with Gasteiger partial charge in [-0.3, -0.25) is 62.3 Å². The lowest BCUT2D eigenvalue weighted by atomic mass is 9.95. The van der Waals surface area contributed by atoms with Crippen molar-refractivity contribution < 1.29 is 269 Å². The molecule has 21 aliphatic heterocycles. The van der Waals surface area contributed by atoms with Gasteiger partial charge < -0.3 is 206 Å². The molecule has 20 N–H and O–H groups in total. The molecule has 126 heavy (non-hydrogen) atoms. The summed E-state index contributed by atoms with van der Waals surface area (Å²) in [4.78, 5) is 173. The monoisotopic (exact) mass is 1830 g/mol. The maximum Gasteiger partial charge on any atom is 0.306 e. The molecule has 4 unspecified atom stereocenters. The second-order valence-corrected chi connectivity index (χ2v) is 29.7. The van der Waals surface area contributed by atoms with Crippen molar-refractivity contribution in [2.75, 3.05) is 46.2 Å². The SMILES string of the molecule is CC(=O)CCC(=O)OC[C@H]1O[C@@H]2O[C@H]3[C@@H](O)[C@H](O)[C@H](O[C@@H]3COC(=O)CCC(=O)O)O[C@H]3C(O)[C@H](O)[C@@H](O[C@@H]4[C@@H](COC(=O)CCC(=O)O)O[C@H](O[C@H]5[C@@H](O)[C@H](O)[C@@H](O[C@@H]6[C@@H](O)[C@H](O)[C@@H](O[C@H]7[C@@H](O)[C@H](O)C(O[C@H]1[C@@H](O)C2O)O[C@@H]7COC(=O)CCC(=O)O)O[C@@H]6COC(=O)CCC(=O)O)O[C@@H]5COC(=O)CCC(=O)O)C(O)[C@@H]4O)O[C@@H]3COC(=O)CCC(=O)O.